The van der Waals surface area contributed by atoms with Crippen LogP contribution in [0.3, 0.4) is 0 Å². The van der Waals surface area contributed by atoms with Crippen LogP contribution in [-0.2, 0) is 14.3 Å². The van der Waals surface area contributed by atoms with Crippen molar-refractivity contribution >= 4 is 17.9 Å². The highest BCUT2D eigenvalue weighted by molar-refractivity contribution is 5.92. The molecule has 7 heteroatoms. The molecular formula is C16H27N3O4. The first kappa shape index (κ1) is 17.6. The standard InChI is InChI=1S/C16H27N3O4/c1-15(2,3)16(23-14(17)22)7-6-10-19(13(16)21)11-12(20)18-8-4-5-9-18/h4-11H2,1-3H3,(H2,17,22)/t16-/m1/s1. The maximum Gasteiger partial charge on any atom is 0.405 e. The average Bonchev–Trinajstić information content (AvgIpc) is 2.95. The minimum absolute atomic E-state index is 0.0405. The summed E-state index contributed by atoms with van der Waals surface area (Å²) in [7, 11) is 0. The normalized spacial score (nSPS) is 25.6. The van der Waals surface area contributed by atoms with Crippen LogP contribution in [0.5, 0.6) is 0 Å². The number of carbonyl (C=O) groups excluding carboxylic acids is 3. The van der Waals surface area contributed by atoms with Gasteiger partial charge in [0.05, 0.1) is 6.54 Å². The Labute approximate surface area is 137 Å². The van der Waals surface area contributed by atoms with E-state index in [1.807, 2.05) is 20.8 Å². The van der Waals surface area contributed by atoms with E-state index >= 15 is 0 Å². The molecule has 0 unspecified atom stereocenters. The van der Waals surface area contributed by atoms with Gasteiger partial charge in [-0.15, -0.1) is 0 Å². The zero-order chi connectivity index (χ0) is 17.3. The third kappa shape index (κ3) is 3.43. The lowest BCUT2D eigenvalue weighted by Gasteiger charge is -2.47. The first-order chi connectivity index (χ1) is 10.7. The predicted molar refractivity (Wildman–Crippen MR) is 84.5 cm³/mol. The van der Waals surface area contributed by atoms with Gasteiger partial charge in [0, 0.05) is 25.0 Å². The van der Waals surface area contributed by atoms with Crippen molar-refractivity contribution < 1.29 is 19.1 Å². The van der Waals surface area contributed by atoms with Crippen molar-refractivity contribution in [2.75, 3.05) is 26.2 Å². The fourth-order valence-electron chi connectivity index (χ4n) is 3.48. The van der Waals surface area contributed by atoms with Gasteiger partial charge in [-0.1, -0.05) is 20.8 Å². The molecule has 0 aromatic rings. The highest BCUT2D eigenvalue weighted by atomic mass is 16.6. The highest BCUT2D eigenvalue weighted by Crippen LogP contribution is 2.41. The number of rotatable bonds is 3. The summed E-state index contributed by atoms with van der Waals surface area (Å²) in [6.07, 6.45) is 2.16. The van der Waals surface area contributed by atoms with Crippen LogP contribution in [-0.4, -0.2) is 59.5 Å². The maximum atomic E-state index is 13.0. The number of carbonyl (C=O) groups is 3. The molecule has 23 heavy (non-hydrogen) atoms. The van der Waals surface area contributed by atoms with Gasteiger partial charge < -0.3 is 20.3 Å². The van der Waals surface area contributed by atoms with E-state index in [9.17, 15) is 14.4 Å². The molecule has 0 aromatic heterocycles. The minimum Gasteiger partial charge on any atom is -0.432 e. The van der Waals surface area contributed by atoms with Crippen LogP contribution < -0.4 is 5.73 Å². The predicted octanol–water partition coefficient (Wildman–Crippen LogP) is 1.11. The van der Waals surface area contributed by atoms with Gasteiger partial charge in [-0.2, -0.15) is 0 Å². The van der Waals surface area contributed by atoms with Gasteiger partial charge >= 0.3 is 6.09 Å². The number of hydrogen-bond donors (Lipinski definition) is 1. The molecule has 7 nitrogen and oxygen atoms in total. The van der Waals surface area contributed by atoms with E-state index in [0.29, 0.717) is 19.4 Å². The lowest BCUT2D eigenvalue weighted by atomic mass is 9.71. The number of nitrogens with zero attached hydrogens (tertiary/aromatic N) is 2. The number of ether oxygens (including phenoxy) is 1. The number of amides is 3. The van der Waals surface area contributed by atoms with Crippen molar-refractivity contribution in [1.82, 2.24) is 9.80 Å². The van der Waals surface area contributed by atoms with Crippen molar-refractivity contribution in [2.24, 2.45) is 11.1 Å². The number of hydrogen-bond acceptors (Lipinski definition) is 4. The number of likely N-dealkylation sites (tertiary alicyclic amines) is 2. The molecule has 2 saturated heterocycles. The largest absolute Gasteiger partial charge is 0.432 e. The summed E-state index contributed by atoms with van der Waals surface area (Å²) in [6, 6.07) is 0. The summed E-state index contributed by atoms with van der Waals surface area (Å²) in [6.45, 7) is 7.59. The zero-order valence-electron chi connectivity index (χ0n) is 14.3. The molecule has 2 aliphatic rings. The maximum absolute atomic E-state index is 13.0. The first-order valence-electron chi connectivity index (χ1n) is 8.23. The van der Waals surface area contributed by atoms with Crippen molar-refractivity contribution in [2.45, 2.75) is 52.1 Å². The summed E-state index contributed by atoms with van der Waals surface area (Å²) >= 11 is 0. The van der Waals surface area contributed by atoms with Gasteiger partial charge in [0.15, 0.2) is 5.60 Å². The minimum atomic E-state index is -1.30. The molecule has 2 heterocycles. The first-order valence-corrected chi connectivity index (χ1v) is 8.23. The van der Waals surface area contributed by atoms with Crippen LogP contribution in [0.2, 0.25) is 0 Å². The third-order valence-electron chi connectivity index (χ3n) is 4.86. The topological polar surface area (TPSA) is 92.9 Å². The Morgan fingerprint density at radius 2 is 1.78 bits per heavy atom. The quantitative estimate of drug-likeness (QED) is 0.841. The second-order valence-corrected chi connectivity index (χ2v) is 7.42. The second-order valence-electron chi connectivity index (χ2n) is 7.42. The van der Waals surface area contributed by atoms with Crippen molar-refractivity contribution in [1.29, 1.82) is 0 Å². The van der Waals surface area contributed by atoms with Crippen LogP contribution in [0.15, 0.2) is 0 Å². The molecule has 2 N–H and O–H groups in total. The Hall–Kier alpha value is -1.79. The third-order valence-corrected chi connectivity index (χ3v) is 4.86. The van der Waals surface area contributed by atoms with Crippen molar-refractivity contribution in [3.63, 3.8) is 0 Å². The summed E-state index contributed by atoms with van der Waals surface area (Å²) < 4.78 is 5.32. The molecule has 2 aliphatic heterocycles. The average molecular weight is 325 g/mol. The molecule has 0 aromatic carbocycles. The van der Waals surface area contributed by atoms with E-state index in [1.165, 1.54) is 4.90 Å². The van der Waals surface area contributed by atoms with Crippen LogP contribution in [0, 0.1) is 5.41 Å². The van der Waals surface area contributed by atoms with E-state index < -0.39 is 17.1 Å². The molecular weight excluding hydrogens is 298 g/mol. The van der Waals surface area contributed by atoms with Crippen LogP contribution >= 0.6 is 0 Å². The van der Waals surface area contributed by atoms with Gasteiger partial charge in [-0.25, -0.2) is 4.79 Å². The monoisotopic (exact) mass is 325 g/mol. The lowest BCUT2D eigenvalue weighted by Crippen LogP contribution is -2.63. The molecule has 0 spiro atoms. The molecule has 2 rings (SSSR count). The van der Waals surface area contributed by atoms with Gasteiger partial charge in [-0.3, -0.25) is 9.59 Å². The van der Waals surface area contributed by atoms with Gasteiger partial charge in [0.1, 0.15) is 0 Å². The van der Waals surface area contributed by atoms with Gasteiger partial charge in [0.25, 0.3) is 5.91 Å². The molecule has 0 radical (unpaired) electrons. The molecule has 1 atom stereocenters. The summed E-state index contributed by atoms with van der Waals surface area (Å²) in [5, 5.41) is 0. The fourth-order valence-corrected chi connectivity index (χ4v) is 3.48. The van der Waals surface area contributed by atoms with Gasteiger partial charge in [0.2, 0.25) is 5.91 Å². The van der Waals surface area contributed by atoms with Crippen molar-refractivity contribution in [3.8, 4) is 0 Å². The molecule has 0 aliphatic carbocycles. The van der Waals surface area contributed by atoms with Gasteiger partial charge in [-0.05, 0) is 25.7 Å². The Morgan fingerprint density at radius 3 is 2.30 bits per heavy atom. The molecule has 130 valence electrons. The fraction of sp³-hybridized carbons (Fsp3) is 0.812. The highest BCUT2D eigenvalue weighted by Gasteiger charge is 2.55. The summed E-state index contributed by atoms with van der Waals surface area (Å²) in [5.41, 5.74) is 3.30. The van der Waals surface area contributed by atoms with E-state index in [0.717, 1.165) is 25.9 Å². The van der Waals surface area contributed by atoms with E-state index in [-0.39, 0.29) is 18.4 Å². The van der Waals surface area contributed by atoms with Crippen LogP contribution in [0.25, 0.3) is 0 Å². The van der Waals surface area contributed by atoms with Crippen LogP contribution in [0.4, 0.5) is 4.79 Å². The van der Waals surface area contributed by atoms with Crippen molar-refractivity contribution in [3.05, 3.63) is 0 Å². The number of primary amides is 1. The summed E-state index contributed by atoms with van der Waals surface area (Å²) in [5.74, 6) is -0.359. The van der Waals surface area contributed by atoms with E-state index in [1.54, 1.807) is 4.90 Å². The SMILES string of the molecule is CC(C)(C)[C@@]1(OC(N)=O)CCCN(CC(=O)N2CCCC2)C1=O. The zero-order valence-corrected chi connectivity index (χ0v) is 14.3. The Balaban J connectivity index is 2.17. The molecule has 2 fully saturated rings. The van der Waals surface area contributed by atoms with E-state index in [2.05, 4.69) is 0 Å². The number of nitrogens with two attached hydrogens (primary N) is 1. The molecule has 0 bridgehead atoms. The Kier molecular flexibility index (Phi) is 4.87. The Morgan fingerprint density at radius 1 is 1.17 bits per heavy atom. The molecule has 3 amide bonds. The number of piperidine rings is 1. The molecule has 0 saturated carbocycles. The smallest absolute Gasteiger partial charge is 0.405 e. The van der Waals surface area contributed by atoms with Crippen LogP contribution in [0.1, 0.15) is 46.5 Å². The summed E-state index contributed by atoms with van der Waals surface area (Å²) in [4.78, 5) is 40.0. The lowest BCUT2D eigenvalue weighted by molar-refractivity contribution is -0.173. The Bertz CT molecular complexity index is 494. The van der Waals surface area contributed by atoms with E-state index in [4.69, 9.17) is 10.5 Å². The second kappa shape index (κ2) is 6.37.